The number of nitrogens with one attached hydrogen (secondary N) is 2. The van der Waals surface area contributed by atoms with Gasteiger partial charge in [-0.1, -0.05) is 6.07 Å². The number of rotatable bonds is 4. The Bertz CT molecular complexity index is 1030. The third-order valence-corrected chi connectivity index (χ3v) is 3.63. The molecule has 2 N–H and O–H groups in total. The summed E-state index contributed by atoms with van der Waals surface area (Å²) in [5, 5.41) is 21.7. The van der Waals surface area contributed by atoms with Crippen LogP contribution in [0.15, 0.2) is 60.7 Å². The lowest BCUT2D eigenvalue weighted by atomic mass is 10.2. The topological polar surface area (TPSA) is 90.7 Å². The fourth-order valence-electron chi connectivity index (χ4n) is 2.26. The largest absolute Gasteiger partial charge is 0.416 e. The van der Waals surface area contributed by atoms with Gasteiger partial charge in [0.05, 0.1) is 17.2 Å². The van der Waals surface area contributed by atoms with Gasteiger partial charge < -0.3 is 10.6 Å². The van der Waals surface area contributed by atoms with Crippen molar-refractivity contribution in [3.8, 4) is 6.07 Å². The first-order chi connectivity index (χ1) is 13.3. The van der Waals surface area contributed by atoms with Gasteiger partial charge in [0.1, 0.15) is 0 Å². The highest BCUT2D eigenvalue weighted by Gasteiger charge is 2.30. The first-order valence-corrected chi connectivity index (χ1v) is 7.95. The molecule has 0 spiro atoms. The van der Waals surface area contributed by atoms with E-state index in [2.05, 4.69) is 20.8 Å². The Kier molecular flexibility index (Phi) is 5.22. The summed E-state index contributed by atoms with van der Waals surface area (Å²) in [5.41, 5.74) is 0.376. The van der Waals surface area contributed by atoms with E-state index in [0.29, 0.717) is 11.3 Å². The van der Waals surface area contributed by atoms with Crippen molar-refractivity contribution in [3.63, 3.8) is 0 Å². The van der Waals surface area contributed by atoms with Gasteiger partial charge in [-0.15, -0.1) is 10.2 Å². The standard InChI is InChI=1S/C19H12F3N5O/c20-19(21,22)13-2-1-3-15(10-13)24-17-9-8-16(26-27-17)18(28)25-14-6-4-12(11-23)5-7-14/h1-10H,(H,24,27)(H,25,28). The minimum Gasteiger partial charge on any atom is -0.339 e. The zero-order valence-electron chi connectivity index (χ0n) is 14.2. The van der Waals surface area contributed by atoms with E-state index in [1.165, 1.54) is 24.3 Å². The number of nitrogens with zero attached hydrogens (tertiary/aromatic N) is 3. The molecule has 0 saturated carbocycles. The molecule has 0 saturated heterocycles. The van der Waals surface area contributed by atoms with Gasteiger partial charge in [0, 0.05) is 11.4 Å². The van der Waals surface area contributed by atoms with Crippen molar-refractivity contribution in [2.45, 2.75) is 6.18 Å². The fraction of sp³-hybridized carbons (Fsp3) is 0.0526. The molecule has 9 heteroatoms. The fourth-order valence-corrected chi connectivity index (χ4v) is 2.26. The van der Waals surface area contributed by atoms with Crippen LogP contribution in [0.5, 0.6) is 0 Å². The molecule has 28 heavy (non-hydrogen) atoms. The van der Waals surface area contributed by atoms with Crippen molar-refractivity contribution >= 4 is 23.1 Å². The molecule has 0 unspecified atom stereocenters. The first-order valence-electron chi connectivity index (χ1n) is 7.95. The summed E-state index contributed by atoms with van der Waals surface area (Å²) in [6, 6.07) is 15.7. The van der Waals surface area contributed by atoms with Gasteiger partial charge in [-0.05, 0) is 54.6 Å². The van der Waals surface area contributed by atoms with Crippen LogP contribution in [-0.4, -0.2) is 16.1 Å². The van der Waals surface area contributed by atoms with Crippen LogP contribution in [0, 0.1) is 11.3 Å². The predicted octanol–water partition coefficient (Wildman–Crippen LogP) is 4.36. The second-order valence-corrected chi connectivity index (χ2v) is 5.65. The maximum absolute atomic E-state index is 12.8. The van der Waals surface area contributed by atoms with Crippen LogP contribution in [0.1, 0.15) is 21.6 Å². The lowest BCUT2D eigenvalue weighted by molar-refractivity contribution is -0.137. The van der Waals surface area contributed by atoms with Gasteiger partial charge in [0.2, 0.25) is 0 Å². The number of hydrogen-bond donors (Lipinski definition) is 2. The molecule has 2 aromatic carbocycles. The summed E-state index contributed by atoms with van der Waals surface area (Å²) >= 11 is 0. The van der Waals surface area contributed by atoms with Crippen molar-refractivity contribution in [2.75, 3.05) is 10.6 Å². The monoisotopic (exact) mass is 383 g/mol. The molecule has 0 aliphatic rings. The van der Waals surface area contributed by atoms with E-state index < -0.39 is 17.6 Å². The highest BCUT2D eigenvalue weighted by atomic mass is 19.4. The molecular weight excluding hydrogens is 371 g/mol. The molecule has 1 heterocycles. The van der Waals surface area contributed by atoms with Crippen LogP contribution in [-0.2, 0) is 6.18 Å². The number of alkyl halides is 3. The molecule has 1 aromatic heterocycles. The highest BCUT2D eigenvalue weighted by Crippen LogP contribution is 2.31. The Morgan fingerprint density at radius 1 is 0.964 bits per heavy atom. The Hall–Kier alpha value is -3.93. The predicted molar refractivity (Wildman–Crippen MR) is 95.9 cm³/mol. The Morgan fingerprint density at radius 2 is 1.71 bits per heavy atom. The van der Waals surface area contributed by atoms with Crippen molar-refractivity contribution in [3.05, 3.63) is 77.5 Å². The van der Waals surface area contributed by atoms with E-state index in [9.17, 15) is 18.0 Å². The molecule has 0 atom stereocenters. The van der Waals surface area contributed by atoms with Crippen LogP contribution in [0.4, 0.5) is 30.4 Å². The zero-order valence-corrected chi connectivity index (χ0v) is 14.2. The SMILES string of the molecule is N#Cc1ccc(NC(=O)c2ccc(Nc3cccc(C(F)(F)F)c3)nn2)cc1. The Morgan fingerprint density at radius 3 is 2.32 bits per heavy atom. The molecule has 0 aliphatic carbocycles. The van der Waals surface area contributed by atoms with E-state index in [0.717, 1.165) is 12.1 Å². The third kappa shape index (κ3) is 4.62. The smallest absolute Gasteiger partial charge is 0.339 e. The van der Waals surface area contributed by atoms with E-state index in [1.807, 2.05) is 6.07 Å². The maximum Gasteiger partial charge on any atom is 0.416 e. The van der Waals surface area contributed by atoms with Crippen molar-refractivity contribution < 1.29 is 18.0 Å². The number of amides is 1. The molecule has 3 rings (SSSR count). The first kappa shape index (κ1) is 18.8. The van der Waals surface area contributed by atoms with Crippen molar-refractivity contribution in [1.82, 2.24) is 10.2 Å². The molecule has 0 aliphatic heterocycles. The molecule has 0 fully saturated rings. The summed E-state index contributed by atoms with van der Waals surface area (Å²) in [5.74, 6) is -0.322. The van der Waals surface area contributed by atoms with Crippen LogP contribution in [0.2, 0.25) is 0 Å². The molecular formula is C19H12F3N5O. The molecule has 3 aromatic rings. The number of anilines is 3. The molecule has 6 nitrogen and oxygen atoms in total. The third-order valence-electron chi connectivity index (χ3n) is 3.63. The van der Waals surface area contributed by atoms with Gasteiger partial charge in [0.25, 0.3) is 5.91 Å². The summed E-state index contributed by atoms with van der Waals surface area (Å²) in [6.45, 7) is 0. The van der Waals surface area contributed by atoms with E-state index in [1.54, 1.807) is 24.3 Å². The van der Waals surface area contributed by atoms with Crippen LogP contribution in [0.3, 0.4) is 0 Å². The minimum absolute atomic E-state index is 0.0268. The van der Waals surface area contributed by atoms with Crippen LogP contribution < -0.4 is 10.6 Å². The average Bonchev–Trinajstić information content (AvgIpc) is 2.69. The van der Waals surface area contributed by atoms with Gasteiger partial charge in [0.15, 0.2) is 11.5 Å². The normalized spacial score (nSPS) is 10.8. The molecule has 0 bridgehead atoms. The van der Waals surface area contributed by atoms with Gasteiger partial charge in [-0.3, -0.25) is 4.79 Å². The van der Waals surface area contributed by atoms with Crippen LogP contribution in [0.25, 0.3) is 0 Å². The summed E-state index contributed by atoms with van der Waals surface area (Å²) in [7, 11) is 0. The lowest BCUT2D eigenvalue weighted by Crippen LogP contribution is -2.14. The zero-order chi connectivity index (χ0) is 20.1. The van der Waals surface area contributed by atoms with Gasteiger partial charge in [-0.25, -0.2) is 0 Å². The van der Waals surface area contributed by atoms with Gasteiger partial charge in [-0.2, -0.15) is 18.4 Å². The van der Waals surface area contributed by atoms with Crippen LogP contribution >= 0.6 is 0 Å². The summed E-state index contributed by atoms with van der Waals surface area (Å²) in [4.78, 5) is 12.2. The minimum atomic E-state index is -4.45. The lowest BCUT2D eigenvalue weighted by Gasteiger charge is -2.10. The number of aromatic nitrogens is 2. The number of benzene rings is 2. The second kappa shape index (κ2) is 7.75. The summed E-state index contributed by atoms with van der Waals surface area (Å²) < 4.78 is 38.3. The van der Waals surface area contributed by atoms with E-state index >= 15 is 0 Å². The molecule has 1 amide bonds. The summed E-state index contributed by atoms with van der Waals surface area (Å²) in [6.07, 6.45) is -4.45. The number of nitriles is 1. The second-order valence-electron chi connectivity index (χ2n) is 5.65. The number of carbonyl (C=O) groups excluding carboxylic acids is 1. The Balaban J connectivity index is 1.67. The number of halogens is 3. The quantitative estimate of drug-likeness (QED) is 0.698. The maximum atomic E-state index is 12.8. The van der Waals surface area contributed by atoms with Crippen molar-refractivity contribution in [2.24, 2.45) is 0 Å². The number of hydrogen-bond acceptors (Lipinski definition) is 5. The highest BCUT2D eigenvalue weighted by molar-refractivity contribution is 6.02. The van der Waals surface area contributed by atoms with Gasteiger partial charge >= 0.3 is 6.18 Å². The molecule has 140 valence electrons. The van der Waals surface area contributed by atoms with Crippen molar-refractivity contribution in [1.29, 1.82) is 5.26 Å². The Labute approximate surface area is 157 Å². The van der Waals surface area contributed by atoms with E-state index in [4.69, 9.17) is 5.26 Å². The number of carbonyl (C=O) groups is 1. The van der Waals surface area contributed by atoms with E-state index in [-0.39, 0.29) is 17.2 Å². The average molecular weight is 383 g/mol. The molecule has 0 radical (unpaired) electrons.